The molecule has 2 aromatic rings. The average molecular weight is 417 g/mol. The van der Waals surface area contributed by atoms with Crippen LogP contribution in [0.25, 0.3) is 0 Å². The maximum absolute atomic E-state index is 12.0. The van der Waals surface area contributed by atoms with Crippen LogP contribution in [0.3, 0.4) is 0 Å². The standard InChI is InChI=1S/C18H15N3O9/c22-16(23)9-29-14-5-4-11(6-15(14)30-10-17(24)25)8-19-20-18(26)12-2-1-3-13(7-12)21(27)28/h1-8H,9-10H2,(H,20,26)(H,22,23)(H,24,25). The van der Waals surface area contributed by atoms with Crippen molar-refractivity contribution < 1.29 is 39.0 Å². The molecule has 2 aromatic carbocycles. The number of carboxylic acids is 2. The average Bonchev–Trinajstić information content (AvgIpc) is 2.71. The number of nitro benzene ring substituents is 1. The number of carbonyl (C=O) groups is 3. The van der Waals surface area contributed by atoms with Crippen LogP contribution in [0.5, 0.6) is 11.5 Å². The molecule has 0 spiro atoms. The van der Waals surface area contributed by atoms with Gasteiger partial charge in [-0.3, -0.25) is 14.9 Å². The van der Waals surface area contributed by atoms with E-state index in [4.69, 9.17) is 19.7 Å². The van der Waals surface area contributed by atoms with Crippen molar-refractivity contribution in [2.75, 3.05) is 13.2 Å². The number of nitro groups is 1. The Morgan fingerprint density at radius 1 is 1.03 bits per heavy atom. The molecule has 3 N–H and O–H groups in total. The first-order valence-electron chi connectivity index (χ1n) is 8.17. The van der Waals surface area contributed by atoms with Gasteiger partial charge in [0.2, 0.25) is 0 Å². The molecule has 0 aliphatic rings. The number of carboxylic acid groups (broad SMARTS) is 2. The van der Waals surface area contributed by atoms with Crippen LogP contribution in [0.4, 0.5) is 5.69 Å². The van der Waals surface area contributed by atoms with Crippen LogP contribution in [-0.2, 0) is 9.59 Å². The van der Waals surface area contributed by atoms with Gasteiger partial charge < -0.3 is 19.7 Å². The molecule has 0 bridgehead atoms. The van der Waals surface area contributed by atoms with Crippen molar-refractivity contribution in [2.45, 2.75) is 0 Å². The Bertz CT molecular complexity index is 1000. The van der Waals surface area contributed by atoms with E-state index in [0.29, 0.717) is 5.56 Å². The molecule has 0 fully saturated rings. The number of nitrogens with zero attached hydrogens (tertiary/aromatic N) is 2. The summed E-state index contributed by atoms with van der Waals surface area (Å²) >= 11 is 0. The summed E-state index contributed by atoms with van der Waals surface area (Å²) in [5.74, 6) is -3.18. The predicted molar refractivity (Wildman–Crippen MR) is 101 cm³/mol. The zero-order chi connectivity index (χ0) is 22.1. The van der Waals surface area contributed by atoms with Crippen LogP contribution in [-0.4, -0.2) is 52.4 Å². The molecule has 0 heterocycles. The summed E-state index contributed by atoms with van der Waals surface area (Å²) in [7, 11) is 0. The molecule has 0 aromatic heterocycles. The molecule has 156 valence electrons. The lowest BCUT2D eigenvalue weighted by atomic mass is 10.2. The topological polar surface area (TPSA) is 178 Å². The first-order valence-corrected chi connectivity index (χ1v) is 8.17. The number of nitrogens with one attached hydrogen (secondary N) is 1. The van der Waals surface area contributed by atoms with E-state index in [1.807, 2.05) is 0 Å². The van der Waals surface area contributed by atoms with Gasteiger partial charge in [0.25, 0.3) is 11.6 Å². The number of hydrazone groups is 1. The number of hydrogen-bond donors (Lipinski definition) is 3. The molecular weight excluding hydrogens is 402 g/mol. The van der Waals surface area contributed by atoms with Crippen molar-refractivity contribution >= 4 is 29.7 Å². The summed E-state index contributed by atoms with van der Waals surface area (Å²) in [4.78, 5) is 43.5. The summed E-state index contributed by atoms with van der Waals surface area (Å²) in [6.07, 6.45) is 1.21. The summed E-state index contributed by atoms with van der Waals surface area (Å²) in [6.45, 7) is -1.34. The Balaban J connectivity index is 2.11. The molecule has 0 aliphatic carbocycles. The maximum Gasteiger partial charge on any atom is 0.341 e. The van der Waals surface area contributed by atoms with Gasteiger partial charge in [0.1, 0.15) is 0 Å². The molecule has 1 amide bonds. The van der Waals surface area contributed by atoms with Crippen molar-refractivity contribution in [2.24, 2.45) is 5.10 Å². The number of benzene rings is 2. The van der Waals surface area contributed by atoms with Gasteiger partial charge in [0.15, 0.2) is 24.7 Å². The first kappa shape index (κ1) is 21.8. The van der Waals surface area contributed by atoms with Crippen molar-refractivity contribution in [3.8, 4) is 11.5 Å². The normalized spacial score (nSPS) is 10.4. The Kier molecular flexibility index (Phi) is 7.40. The summed E-state index contributed by atoms with van der Waals surface area (Å²) in [5.41, 5.74) is 2.36. The quantitative estimate of drug-likeness (QED) is 0.292. The SMILES string of the molecule is O=C(O)COc1ccc(C=NNC(=O)c2cccc([N+](=O)[O-])c2)cc1OCC(=O)O. The first-order chi connectivity index (χ1) is 14.3. The monoisotopic (exact) mass is 417 g/mol. The molecule has 0 atom stereocenters. The fraction of sp³-hybridized carbons (Fsp3) is 0.111. The molecule has 0 aliphatic heterocycles. The van der Waals surface area contributed by atoms with Gasteiger partial charge in [-0.1, -0.05) is 6.07 Å². The fourth-order valence-corrected chi connectivity index (χ4v) is 2.11. The van der Waals surface area contributed by atoms with Gasteiger partial charge in [-0.25, -0.2) is 15.0 Å². The van der Waals surface area contributed by atoms with Crippen LogP contribution < -0.4 is 14.9 Å². The second-order valence-corrected chi connectivity index (χ2v) is 5.58. The van der Waals surface area contributed by atoms with E-state index < -0.39 is 36.0 Å². The van der Waals surface area contributed by atoms with Gasteiger partial charge in [0.05, 0.1) is 11.1 Å². The van der Waals surface area contributed by atoms with Crippen LogP contribution in [0.2, 0.25) is 0 Å². The molecule has 12 heteroatoms. The van der Waals surface area contributed by atoms with E-state index >= 15 is 0 Å². The zero-order valence-corrected chi connectivity index (χ0v) is 15.2. The van der Waals surface area contributed by atoms with Crippen LogP contribution in [0.1, 0.15) is 15.9 Å². The van der Waals surface area contributed by atoms with E-state index in [9.17, 15) is 24.5 Å². The number of non-ortho nitro benzene ring substituents is 1. The Hall–Kier alpha value is -4.48. The number of amides is 1. The minimum atomic E-state index is -1.25. The van der Waals surface area contributed by atoms with E-state index in [1.165, 1.54) is 42.6 Å². The third-order valence-electron chi connectivity index (χ3n) is 3.37. The number of aliphatic carboxylic acids is 2. The lowest BCUT2D eigenvalue weighted by Gasteiger charge is -2.11. The molecule has 0 saturated carbocycles. The van der Waals surface area contributed by atoms with E-state index in [1.54, 1.807) is 0 Å². The summed E-state index contributed by atoms with van der Waals surface area (Å²) < 4.78 is 10.1. The molecule has 0 radical (unpaired) electrons. The molecule has 0 unspecified atom stereocenters. The molecular formula is C18H15N3O9. The predicted octanol–water partition coefficient (Wildman–Crippen LogP) is 1.29. The third kappa shape index (κ3) is 6.60. The van der Waals surface area contributed by atoms with E-state index in [0.717, 1.165) is 6.07 Å². The summed E-state index contributed by atoms with van der Waals surface area (Å²) in [5, 5.41) is 31.9. The maximum atomic E-state index is 12.0. The van der Waals surface area contributed by atoms with E-state index in [-0.39, 0.29) is 22.7 Å². The van der Waals surface area contributed by atoms with Crippen LogP contribution in [0, 0.1) is 10.1 Å². The highest BCUT2D eigenvalue weighted by molar-refractivity contribution is 5.95. The van der Waals surface area contributed by atoms with Crippen LogP contribution in [0.15, 0.2) is 47.6 Å². The highest BCUT2D eigenvalue weighted by Crippen LogP contribution is 2.28. The molecule has 12 nitrogen and oxygen atoms in total. The van der Waals surface area contributed by atoms with Crippen molar-refractivity contribution in [3.63, 3.8) is 0 Å². The number of hydrogen-bond acceptors (Lipinski definition) is 8. The lowest BCUT2D eigenvalue weighted by Crippen LogP contribution is -2.17. The van der Waals surface area contributed by atoms with Crippen molar-refractivity contribution in [1.29, 1.82) is 0 Å². The second kappa shape index (κ2) is 10.2. The lowest BCUT2D eigenvalue weighted by molar-refractivity contribution is -0.384. The smallest absolute Gasteiger partial charge is 0.341 e. The fourth-order valence-electron chi connectivity index (χ4n) is 2.11. The zero-order valence-electron chi connectivity index (χ0n) is 15.2. The largest absolute Gasteiger partial charge is 0.479 e. The summed E-state index contributed by atoms with van der Waals surface area (Å²) in [6, 6.07) is 9.23. The highest BCUT2D eigenvalue weighted by atomic mass is 16.6. The number of carbonyl (C=O) groups excluding carboxylic acids is 1. The van der Waals surface area contributed by atoms with Gasteiger partial charge >= 0.3 is 11.9 Å². The van der Waals surface area contributed by atoms with Crippen LogP contribution >= 0.6 is 0 Å². The molecule has 0 saturated heterocycles. The Labute approximate surface area is 168 Å². The third-order valence-corrected chi connectivity index (χ3v) is 3.37. The highest BCUT2D eigenvalue weighted by Gasteiger charge is 2.12. The molecule has 2 rings (SSSR count). The minimum Gasteiger partial charge on any atom is -0.479 e. The second-order valence-electron chi connectivity index (χ2n) is 5.58. The van der Waals surface area contributed by atoms with Gasteiger partial charge in [-0.05, 0) is 29.8 Å². The number of ether oxygens (including phenoxy) is 2. The molecule has 30 heavy (non-hydrogen) atoms. The minimum absolute atomic E-state index is 0.0106. The van der Waals surface area contributed by atoms with Gasteiger partial charge in [0, 0.05) is 17.7 Å². The Morgan fingerprint density at radius 3 is 2.33 bits per heavy atom. The van der Waals surface area contributed by atoms with Gasteiger partial charge in [-0.2, -0.15) is 5.10 Å². The van der Waals surface area contributed by atoms with Crippen molar-refractivity contribution in [1.82, 2.24) is 5.43 Å². The van der Waals surface area contributed by atoms with E-state index in [2.05, 4.69) is 10.5 Å². The van der Waals surface area contributed by atoms with Crippen molar-refractivity contribution in [3.05, 3.63) is 63.7 Å². The number of rotatable bonds is 10. The Morgan fingerprint density at radius 2 is 1.70 bits per heavy atom. The van der Waals surface area contributed by atoms with Gasteiger partial charge in [-0.15, -0.1) is 0 Å².